The maximum absolute atomic E-state index is 7.22. The van der Waals surface area contributed by atoms with Crippen molar-refractivity contribution in [2.45, 2.75) is 6.92 Å². The van der Waals surface area contributed by atoms with Crippen molar-refractivity contribution in [3.8, 4) is 0 Å². The Labute approximate surface area is 74.1 Å². The largest absolute Gasteiger partial charge is 0.384 e. The van der Waals surface area contributed by atoms with Gasteiger partial charge in [-0.1, -0.05) is 27.6 Å². The third-order valence-corrected chi connectivity index (χ3v) is 2.10. The van der Waals surface area contributed by atoms with Crippen molar-refractivity contribution >= 4 is 21.8 Å². The molecule has 58 valence electrons. The summed E-state index contributed by atoms with van der Waals surface area (Å²) in [7, 11) is 0. The van der Waals surface area contributed by atoms with Crippen molar-refractivity contribution in [1.82, 2.24) is 0 Å². The number of nitrogens with two attached hydrogens (primary N) is 1. The van der Waals surface area contributed by atoms with E-state index < -0.39 is 0 Å². The van der Waals surface area contributed by atoms with Gasteiger partial charge in [0.25, 0.3) is 0 Å². The molecular formula is C8H9BrN2. The van der Waals surface area contributed by atoms with Crippen LogP contribution in [0.5, 0.6) is 0 Å². The molecule has 0 spiro atoms. The molecule has 11 heavy (non-hydrogen) atoms. The minimum Gasteiger partial charge on any atom is -0.384 e. The highest BCUT2D eigenvalue weighted by atomic mass is 79.9. The fraction of sp³-hybridized carbons (Fsp3) is 0.125. The van der Waals surface area contributed by atoms with Gasteiger partial charge in [0.05, 0.1) is 0 Å². The molecule has 2 nitrogen and oxygen atoms in total. The van der Waals surface area contributed by atoms with Crippen molar-refractivity contribution in [2.75, 3.05) is 0 Å². The topological polar surface area (TPSA) is 49.9 Å². The van der Waals surface area contributed by atoms with Crippen LogP contribution in [0.15, 0.2) is 22.7 Å². The lowest BCUT2D eigenvalue weighted by atomic mass is 10.1. The van der Waals surface area contributed by atoms with Gasteiger partial charge in [-0.05, 0) is 19.1 Å². The second-order valence-electron chi connectivity index (χ2n) is 2.40. The zero-order chi connectivity index (χ0) is 8.43. The Morgan fingerprint density at radius 1 is 1.55 bits per heavy atom. The molecule has 0 radical (unpaired) electrons. The van der Waals surface area contributed by atoms with Crippen LogP contribution in [-0.4, -0.2) is 5.84 Å². The minimum absolute atomic E-state index is 0.0978. The van der Waals surface area contributed by atoms with Gasteiger partial charge >= 0.3 is 0 Å². The Bertz CT molecular complexity index is 294. The highest BCUT2D eigenvalue weighted by Crippen LogP contribution is 2.16. The lowest BCUT2D eigenvalue weighted by Gasteiger charge is -2.02. The van der Waals surface area contributed by atoms with Crippen molar-refractivity contribution in [1.29, 1.82) is 5.41 Å². The predicted molar refractivity (Wildman–Crippen MR) is 49.9 cm³/mol. The van der Waals surface area contributed by atoms with E-state index in [2.05, 4.69) is 15.9 Å². The van der Waals surface area contributed by atoms with Crippen LogP contribution in [0.3, 0.4) is 0 Å². The summed E-state index contributed by atoms with van der Waals surface area (Å²) < 4.78 is 0.871. The lowest BCUT2D eigenvalue weighted by Crippen LogP contribution is -2.11. The highest BCUT2D eigenvalue weighted by Gasteiger charge is 2.01. The van der Waals surface area contributed by atoms with Crippen LogP contribution in [0, 0.1) is 12.3 Å². The van der Waals surface area contributed by atoms with E-state index in [1.165, 1.54) is 0 Å². The SMILES string of the molecule is Cc1ccc(Br)c(C(=N)N)c1. The average molecular weight is 213 g/mol. The molecular weight excluding hydrogens is 204 g/mol. The first-order valence-corrected chi connectivity index (χ1v) is 4.01. The van der Waals surface area contributed by atoms with Gasteiger partial charge in [0, 0.05) is 10.0 Å². The molecule has 0 heterocycles. The van der Waals surface area contributed by atoms with E-state index >= 15 is 0 Å². The molecule has 0 saturated heterocycles. The van der Waals surface area contributed by atoms with E-state index in [4.69, 9.17) is 11.1 Å². The molecule has 0 bridgehead atoms. The number of nitrogen functional groups attached to an aromatic ring is 1. The van der Waals surface area contributed by atoms with Gasteiger partial charge in [-0.25, -0.2) is 0 Å². The molecule has 1 rings (SSSR count). The summed E-state index contributed by atoms with van der Waals surface area (Å²) in [6, 6.07) is 5.75. The summed E-state index contributed by atoms with van der Waals surface area (Å²) >= 11 is 3.31. The van der Waals surface area contributed by atoms with Gasteiger partial charge in [0.1, 0.15) is 5.84 Å². The first kappa shape index (κ1) is 8.27. The predicted octanol–water partition coefficient (Wildman–Crippen LogP) is 2.04. The van der Waals surface area contributed by atoms with E-state index in [1.54, 1.807) is 0 Å². The monoisotopic (exact) mass is 212 g/mol. The fourth-order valence-corrected chi connectivity index (χ4v) is 1.31. The third kappa shape index (κ3) is 1.80. The second kappa shape index (κ2) is 3.05. The van der Waals surface area contributed by atoms with Crippen LogP contribution in [0.1, 0.15) is 11.1 Å². The maximum Gasteiger partial charge on any atom is 0.123 e. The number of halogens is 1. The van der Waals surface area contributed by atoms with Gasteiger partial charge in [-0.3, -0.25) is 5.41 Å². The molecule has 0 atom stereocenters. The maximum atomic E-state index is 7.22. The van der Waals surface area contributed by atoms with Crippen LogP contribution in [0.2, 0.25) is 0 Å². The number of hydrogen-bond acceptors (Lipinski definition) is 1. The van der Waals surface area contributed by atoms with Crippen molar-refractivity contribution in [3.05, 3.63) is 33.8 Å². The van der Waals surface area contributed by atoms with Crippen molar-refractivity contribution in [3.63, 3.8) is 0 Å². The molecule has 0 fully saturated rings. The number of nitrogens with one attached hydrogen (secondary N) is 1. The van der Waals surface area contributed by atoms with Crippen LogP contribution in [0.4, 0.5) is 0 Å². The molecule has 0 aliphatic carbocycles. The lowest BCUT2D eigenvalue weighted by molar-refractivity contribution is 1.37. The van der Waals surface area contributed by atoms with Crippen molar-refractivity contribution in [2.24, 2.45) is 5.73 Å². The summed E-state index contributed by atoms with van der Waals surface area (Å²) in [6.07, 6.45) is 0. The summed E-state index contributed by atoms with van der Waals surface area (Å²) in [4.78, 5) is 0. The number of rotatable bonds is 1. The van der Waals surface area contributed by atoms with E-state index in [1.807, 2.05) is 25.1 Å². The van der Waals surface area contributed by atoms with Crippen LogP contribution >= 0.6 is 15.9 Å². The summed E-state index contributed by atoms with van der Waals surface area (Å²) in [5, 5.41) is 7.22. The van der Waals surface area contributed by atoms with Gasteiger partial charge < -0.3 is 5.73 Å². The number of aryl methyl sites for hydroxylation is 1. The Balaban J connectivity index is 3.23. The molecule has 3 N–H and O–H groups in total. The molecule has 0 aromatic heterocycles. The van der Waals surface area contributed by atoms with Crippen LogP contribution in [-0.2, 0) is 0 Å². The normalized spacial score (nSPS) is 9.64. The molecule has 0 aliphatic rings. The molecule has 1 aromatic carbocycles. The number of amidine groups is 1. The fourth-order valence-electron chi connectivity index (χ4n) is 0.846. The Kier molecular flexibility index (Phi) is 2.29. The van der Waals surface area contributed by atoms with Gasteiger partial charge in [0.15, 0.2) is 0 Å². The second-order valence-corrected chi connectivity index (χ2v) is 3.25. The van der Waals surface area contributed by atoms with Crippen LogP contribution < -0.4 is 5.73 Å². The van der Waals surface area contributed by atoms with Crippen molar-refractivity contribution < 1.29 is 0 Å². The number of benzene rings is 1. The van der Waals surface area contributed by atoms with Crippen LogP contribution in [0.25, 0.3) is 0 Å². The standard InChI is InChI=1S/C8H9BrN2/c1-5-2-3-7(9)6(4-5)8(10)11/h2-4H,1H3,(H3,10,11). The molecule has 0 amide bonds. The summed E-state index contributed by atoms with van der Waals surface area (Å²) in [5.41, 5.74) is 7.20. The summed E-state index contributed by atoms with van der Waals surface area (Å²) in [5.74, 6) is 0.0978. The molecule has 0 unspecified atom stereocenters. The molecule has 0 aliphatic heterocycles. The Hall–Kier alpha value is -0.830. The molecule has 1 aromatic rings. The highest BCUT2D eigenvalue weighted by molar-refractivity contribution is 9.10. The van der Waals surface area contributed by atoms with Gasteiger partial charge in [0.2, 0.25) is 0 Å². The minimum atomic E-state index is 0.0978. The third-order valence-electron chi connectivity index (χ3n) is 1.41. The van der Waals surface area contributed by atoms with E-state index in [0.29, 0.717) is 0 Å². The Morgan fingerprint density at radius 2 is 2.18 bits per heavy atom. The van der Waals surface area contributed by atoms with Gasteiger partial charge in [-0.15, -0.1) is 0 Å². The molecule has 3 heteroatoms. The van der Waals surface area contributed by atoms with E-state index in [0.717, 1.165) is 15.6 Å². The quantitative estimate of drug-likeness (QED) is 0.544. The summed E-state index contributed by atoms with van der Waals surface area (Å²) in [6.45, 7) is 1.97. The zero-order valence-electron chi connectivity index (χ0n) is 6.19. The Morgan fingerprint density at radius 3 is 2.64 bits per heavy atom. The van der Waals surface area contributed by atoms with E-state index in [9.17, 15) is 0 Å². The molecule has 0 saturated carbocycles. The zero-order valence-corrected chi connectivity index (χ0v) is 7.77. The first-order chi connectivity index (χ1) is 5.11. The smallest absolute Gasteiger partial charge is 0.123 e. The number of hydrogen-bond donors (Lipinski definition) is 2. The van der Waals surface area contributed by atoms with Gasteiger partial charge in [-0.2, -0.15) is 0 Å². The first-order valence-electron chi connectivity index (χ1n) is 3.22. The average Bonchev–Trinajstić information content (AvgIpc) is 1.94. The van der Waals surface area contributed by atoms with E-state index in [-0.39, 0.29) is 5.84 Å².